The Bertz CT molecular complexity index is 429. The fraction of sp³-hybridized carbons (Fsp3) is 0.800. The number of hydrogen-bond acceptors (Lipinski definition) is 5. The van der Waals surface area contributed by atoms with E-state index in [1.807, 2.05) is 4.90 Å². The molecule has 1 rings (SSSR count). The first-order valence-electron chi connectivity index (χ1n) is 7.91. The fourth-order valence-corrected chi connectivity index (χ4v) is 2.98. The molecule has 21 heavy (non-hydrogen) atoms. The highest BCUT2D eigenvalue weighted by molar-refractivity contribution is 7.17. The van der Waals surface area contributed by atoms with Gasteiger partial charge in [0.1, 0.15) is 0 Å². The summed E-state index contributed by atoms with van der Waals surface area (Å²) in [5.41, 5.74) is 0. The van der Waals surface area contributed by atoms with E-state index >= 15 is 0 Å². The van der Waals surface area contributed by atoms with Gasteiger partial charge in [0, 0.05) is 19.1 Å². The van der Waals surface area contributed by atoms with Crippen molar-refractivity contribution in [3.05, 3.63) is 5.01 Å². The van der Waals surface area contributed by atoms with Crippen LogP contribution in [-0.2, 0) is 0 Å². The predicted molar refractivity (Wildman–Crippen MR) is 88.9 cm³/mol. The van der Waals surface area contributed by atoms with Gasteiger partial charge in [-0.2, -0.15) is 0 Å². The Hall–Kier alpha value is -1.17. The van der Waals surface area contributed by atoms with Crippen molar-refractivity contribution in [2.24, 2.45) is 5.92 Å². The number of aromatic nitrogens is 2. The SMILES string of the molecule is CCCNc1nnc(C(=O)N(CC(C)C)C(CC)CC)s1. The number of carbonyl (C=O) groups is 1. The molecule has 0 aliphatic carbocycles. The molecule has 0 aliphatic heterocycles. The van der Waals surface area contributed by atoms with E-state index in [0.717, 1.165) is 37.5 Å². The molecule has 1 heterocycles. The molecule has 1 aromatic rings. The van der Waals surface area contributed by atoms with Gasteiger partial charge in [0.25, 0.3) is 5.91 Å². The van der Waals surface area contributed by atoms with Gasteiger partial charge in [0.15, 0.2) is 0 Å². The minimum atomic E-state index is 0.0134. The number of hydrogen-bond donors (Lipinski definition) is 1. The maximum atomic E-state index is 12.7. The fourth-order valence-electron chi connectivity index (χ4n) is 2.26. The molecule has 0 saturated carbocycles. The number of nitrogens with one attached hydrogen (secondary N) is 1. The van der Waals surface area contributed by atoms with Crippen LogP contribution in [0.3, 0.4) is 0 Å². The van der Waals surface area contributed by atoms with Crippen molar-refractivity contribution in [1.82, 2.24) is 15.1 Å². The average Bonchev–Trinajstić information content (AvgIpc) is 2.93. The zero-order chi connectivity index (χ0) is 15.8. The van der Waals surface area contributed by atoms with E-state index in [1.165, 1.54) is 11.3 Å². The molecule has 0 fully saturated rings. The zero-order valence-electron chi connectivity index (χ0n) is 13.8. The number of anilines is 1. The lowest BCUT2D eigenvalue weighted by Crippen LogP contribution is -2.42. The summed E-state index contributed by atoms with van der Waals surface area (Å²) >= 11 is 1.35. The lowest BCUT2D eigenvalue weighted by molar-refractivity contribution is 0.0639. The predicted octanol–water partition coefficient (Wildman–Crippen LogP) is 3.65. The smallest absolute Gasteiger partial charge is 0.285 e. The quantitative estimate of drug-likeness (QED) is 0.756. The van der Waals surface area contributed by atoms with Gasteiger partial charge >= 0.3 is 0 Å². The van der Waals surface area contributed by atoms with Gasteiger partial charge in [0.05, 0.1) is 0 Å². The number of nitrogens with zero attached hydrogens (tertiary/aromatic N) is 3. The summed E-state index contributed by atoms with van der Waals surface area (Å²) in [6.07, 6.45) is 2.96. The number of rotatable bonds is 9. The normalized spacial score (nSPS) is 11.2. The van der Waals surface area contributed by atoms with Gasteiger partial charge in [-0.05, 0) is 25.2 Å². The molecule has 0 bridgehead atoms. The molecule has 1 amide bonds. The van der Waals surface area contributed by atoms with Crippen LogP contribution in [-0.4, -0.2) is 40.1 Å². The van der Waals surface area contributed by atoms with E-state index in [-0.39, 0.29) is 11.9 Å². The summed E-state index contributed by atoms with van der Waals surface area (Å²) < 4.78 is 0. The van der Waals surface area contributed by atoms with Crippen molar-refractivity contribution in [2.45, 2.75) is 59.9 Å². The van der Waals surface area contributed by atoms with Crippen LogP contribution in [0.5, 0.6) is 0 Å². The molecule has 1 N–H and O–H groups in total. The minimum Gasteiger partial charge on any atom is -0.360 e. The summed E-state index contributed by atoms with van der Waals surface area (Å²) in [5, 5.41) is 12.5. The van der Waals surface area contributed by atoms with Crippen LogP contribution in [0, 0.1) is 5.92 Å². The highest BCUT2D eigenvalue weighted by Crippen LogP contribution is 2.20. The van der Waals surface area contributed by atoms with Crippen LogP contribution in [0.1, 0.15) is 63.7 Å². The monoisotopic (exact) mass is 312 g/mol. The van der Waals surface area contributed by atoms with Crippen molar-refractivity contribution < 1.29 is 4.79 Å². The van der Waals surface area contributed by atoms with Crippen molar-refractivity contribution in [2.75, 3.05) is 18.4 Å². The standard InChI is InChI=1S/C15H28N4OS/c1-6-9-16-15-18-17-13(21-15)14(20)19(10-11(4)5)12(7-2)8-3/h11-12H,6-10H2,1-5H3,(H,16,18). The molecule has 0 aliphatic rings. The summed E-state index contributed by atoms with van der Waals surface area (Å²) in [7, 11) is 0. The number of amides is 1. The Kier molecular flexibility index (Phi) is 7.64. The van der Waals surface area contributed by atoms with Crippen LogP contribution in [0.2, 0.25) is 0 Å². The lowest BCUT2D eigenvalue weighted by Gasteiger charge is -2.31. The highest BCUT2D eigenvalue weighted by Gasteiger charge is 2.26. The molecule has 0 aromatic carbocycles. The molecule has 0 unspecified atom stereocenters. The van der Waals surface area contributed by atoms with Crippen LogP contribution >= 0.6 is 11.3 Å². The second kappa shape index (κ2) is 8.97. The first-order chi connectivity index (χ1) is 10.0. The van der Waals surface area contributed by atoms with Crippen LogP contribution in [0.15, 0.2) is 0 Å². The van der Waals surface area contributed by atoms with Crippen molar-refractivity contribution in [3.8, 4) is 0 Å². The molecule has 0 saturated heterocycles. The van der Waals surface area contributed by atoms with Crippen LogP contribution < -0.4 is 5.32 Å². The van der Waals surface area contributed by atoms with Gasteiger partial charge in [0.2, 0.25) is 10.1 Å². The molecule has 0 radical (unpaired) electrons. The third kappa shape index (κ3) is 5.26. The third-order valence-electron chi connectivity index (χ3n) is 3.34. The van der Waals surface area contributed by atoms with Gasteiger partial charge < -0.3 is 10.2 Å². The minimum absolute atomic E-state index is 0.0134. The Balaban J connectivity index is 2.85. The topological polar surface area (TPSA) is 58.1 Å². The first kappa shape index (κ1) is 17.9. The van der Waals surface area contributed by atoms with Crippen molar-refractivity contribution in [1.29, 1.82) is 0 Å². The molecule has 120 valence electrons. The molecular weight excluding hydrogens is 284 g/mol. The van der Waals surface area contributed by atoms with E-state index in [0.29, 0.717) is 10.9 Å². The Morgan fingerprint density at radius 1 is 1.24 bits per heavy atom. The van der Waals surface area contributed by atoms with E-state index in [2.05, 4.69) is 50.1 Å². The summed E-state index contributed by atoms with van der Waals surface area (Å²) in [6, 6.07) is 0.274. The molecular formula is C15H28N4OS. The van der Waals surface area contributed by atoms with Crippen LogP contribution in [0.25, 0.3) is 0 Å². The Morgan fingerprint density at radius 3 is 2.43 bits per heavy atom. The zero-order valence-corrected chi connectivity index (χ0v) is 14.7. The summed E-state index contributed by atoms with van der Waals surface area (Å²) in [6.45, 7) is 12.2. The first-order valence-corrected chi connectivity index (χ1v) is 8.73. The molecule has 0 atom stereocenters. The molecule has 1 aromatic heterocycles. The van der Waals surface area contributed by atoms with E-state index < -0.39 is 0 Å². The Morgan fingerprint density at radius 2 is 1.90 bits per heavy atom. The van der Waals surface area contributed by atoms with Crippen molar-refractivity contribution in [3.63, 3.8) is 0 Å². The molecule has 5 nitrogen and oxygen atoms in total. The number of carbonyl (C=O) groups excluding carboxylic acids is 1. The van der Waals surface area contributed by atoms with Gasteiger partial charge in [-0.15, -0.1) is 10.2 Å². The van der Waals surface area contributed by atoms with Crippen molar-refractivity contribution >= 4 is 22.4 Å². The molecule has 6 heteroatoms. The lowest BCUT2D eigenvalue weighted by atomic mass is 10.1. The second-order valence-corrected chi connectivity index (χ2v) is 6.64. The largest absolute Gasteiger partial charge is 0.360 e. The maximum Gasteiger partial charge on any atom is 0.285 e. The van der Waals surface area contributed by atoms with E-state index in [1.54, 1.807) is 0 Å². The summed E-state index contributed by atoms with van der Waals surface area (Å²) in [5.74, 6) is 0.458. The molecule has 0 spiro atoms. The highest BCUT2D eigenvalue weighted by atomic mass is 32.1. The van der Waals surface area contributed by atoms with Crippen LogP contribution in [0.4, 0.5) is 5.13 Å². The van der Waals surface area contributed by atoms with E-state index in [9.17, 15) is 4.79 Å². The van der Waals surface area contributed by atoms with Gasteiger partial charge in [-0.3, -0.25) is 4.79 Å². The van der Waals surface area contributed by atoms with E-state index in [4.69, 9.17) is 0 Å². The summed E-state index contributed by atoms with van der Waals surface area (Å²) in [4.78, 5) is 14.7. The Labute approximate surface area is 132 Å². The third-order valence-corrected chi connectivity index (χ3v) is 4.21. The van der Waals surface area contributed by atoms with Gasteiger partial charge in [-0.1, -0.05) is 46.0 Å². The second-order valence-electron chi connectivity index (χ2n) is 5.66. The average molecular weight is 312 g/mol. The van der Waals surface area contributed by atoms with Gasteiger partial charge in [-0.25, -0.2) is 0 Å². The maximum absolute atomic E-state index is 12.7.